The number of nitrogens with one attached hydrogen (secondary N) is 1. The Morgan fingerprint density at radius 3 is 2.70 bits per heavy atom. The summed E-state index contributed by atoms with van der Waals surface area (Å²) < 4.78 is 40.9. The predicted molar refractivity (Wildman–Crippen MR) is 106 cm³/mol. The van der Waals surface area contributed by atoms with Crippen LogP contribution in [0.4, 0.5) is 14.5 Å². The smallest absolute Gasteiger partial charge is 0.387 e. The van der Waals surface area contributed by atoms with Gasteiger partial charge < -0.3 is 24.4 Å². The maximum atomic E-state index is 12.9. The van der Waals surface area contributed by atoms with E-state index in [0.29, 0.717) is 11.4 Å². The summed E-state index contributed by atoms with van der Waals surface area (Å²) in [5.74, 6) is -0.495. The first kappa shape index (κ1) is 21.1. The van der Waals surface area contributed by atoms with Crippen LogP contribution in [0.15, 0.2) is 48.5 Å². The molecular weight excluding hydrogens is 398 g/mol. The van der Waals surface area contributed by atoms with Gasteiger partial charge >= 0.3 is 6.61 Å². The molecule has 9 heteroatoms. The number of para-hydroxylation sites is 3. The number of rotatable bonds is 6. The normalized spacial score (nSPS) is 15.5. The van der Waals surface area contributed by atoms with Crippen molar-refractivity contribution in [2.24, 2.45) is 0 Å². The van der Waals surface area contributed by atoms with Crippen molar-refractivity contribution in [2.45, 2.75) is 12.7 Å². The van der Waals surface area contributed by atoms with Crippen LogP contribution in [0.1, 0.15) is 5.56 Å². The van der Waals surface area contributed by atoms with E-state index in [4.69, 9.17) is 9.47 Å². The van der Waals surface area contributed by atoms with Crippen molar-refractivity contribution in [1.29, 1.82) is 0 Å². The van der Waals surface area contributed by atoms with E-state index >= 15 is 0 Å². The molecule has 0 spiro atoms. The van der Waals surface area contributed by atoms with E-state index in [-0.39, 0.29) is 29.5 Å². The molecule has 0 saturated heterocycles. The third kappa shape index (κ3) is 4.51. The Balaban J connectivity index is 1.90. The highest BCUT2D eigenvalue weighted by Crippen LogP contribution is 2.35. The topological polar surface area (TPSA) is 77.1 Å². The van der Waals surface area contributed by atoms with Gasteiger partial charge in [-0.3, -0.25) is 9.59 Å². The maximum absolute atomic E-state index is 12.9. The van der Waals surface area contributed by atoms with Gasteiger partial charge in [0.15, 0.2) is 17.6 Å². The number of nitrogens with zero attached hydrogens (tertiary/aromatic N) is 1. The third-order valence-corrected chi connectivity index (χ3v) is 4.42. The van der Waals surface area contributed by atoms with Gasteiger partial charge in [-0.25, -0.2) is 0 Å². The number of carbonyl (C=O) groups excluding carboxylic acids is 2. The van der Waals surface area contributed by atoms with Crippen LogP contribution < -0.4 is 24.4 Å². The molecule has 7 nitrogen and oxygen atoms in total. The van der Waals surface area contributed by atoms with Gasteiger partial charge in [0.25, 0.3) is 11.8 Å². The standard InChI is InChI=1S/C21H20F2N2O5/c1-24-20(27)17-12-25(14-7-3-4-8-15(14)29-17)18(26)11-10-13-6-5-9-16(28-2)19(13)30-21(22)23/h3-11,17,21H,12H2,1-2H3,(H,24,27)/b11-10+/t17-/m1/s1. The Labute approximate surface area is 171 Å². The van der Waals surface area contributed by atoms with E-state index in [0.717, 1.165) is 0 Å². The number of carbonyl (C=O) groups is 2. The highest BCUT2D eigenvalue weighted by Gasteiger charge is 2.32. The number of methoxy groups -OCH3 is 1. The summed E-state index contributed by atoms with van der Waals surface area (Å²) in [5.41, 5.74) is 0.745. The number of fused-ring (bicyclic) bond motifs is 1. The van der Waals surface area contributed by atoms with Crippen molar-refractivity contribution < 1.29 is 32.6 Å². The maximum Gasteiger partial charge on any atom is 0.387 e. The number of likely N-dealkylation sites (N-methyl/N-ethyl adjacent to an activating group) is 1. The molecule has 0 aromatic heterocycles. The van der Waals surface area contributed by atoms with Crippen LogP contribution in [0.3, 0.4) is 0 Å². The molecule has 2 amide bonds. The summed E-state index contributed by atoms with van der Waals surface area (Å²) >= 11 is 0. The Kier molecular flexibility index (Phi) is 6.51. The van der Waals surface area contributed by atoms with E-state index in [2.05, 4.69) is 10.1 Å². The molecule has 0 radical (unpaired) electrons. The van der Waals surface area contributed by atoms with Crippen LogP contribution in [0.5, 0.6) is 17.2 Å². The van der Waals surface area contributed by atoms with Crippen molar-refractivity contribution in [3.05, 3.63) is 54.1 Å². The Bertz CT molecular complexity index is 964. The third-order valence-electron chi connectivity index (χ3n) is 4.42. The number of halogens is 2. The van der Waals surface area contributed by atoms with Crippen LogP contribution in [-0.2, 0) is 9.59 Å². The van der Waals surface area contributed by atoms with Gasteiger partial charge in [-0.15, -0.1) is 0 Å². The van der Waals surface area contributed by atoms with E-state index in [1.54, 1.807) is 30.3 Å². The predicted octanol–water partition coefficient (Wildman–Crippen LogP) is 2.85. The molecule has 0 fully saturated rings. The van der Waals surface area contributed by atoms with Gasteiger partial charge in [0.05, 0.1) is 19.3 Å². The monoisotopic (exact) mass is 418 g/mol. The molecule has 158 valence electrons. The molecule has 0 aliphatic carbocycles. The molecule has 0 bridgehead atoms. The number of hydrogen-bond acceptors (Lipinski definition) is 5. The fourth-order valence-corrected chi connectivity index (χ4v) is 3.03. The van der Waals surface area contributed by atoms with Crippen molar-refractivity contribution >= 4 is 23.6 Å². The number of anilines is 1. The first-order valence-corrected chi connectivity index (χ1v) is 9.03. The molecule has 1 aliphatic rings. The van der Waals surface area contributed by atoms with E-state index < -0.39 is 18.6 Å². The lowest BCUT2D eigenvalue weighted by Crippen LogP contribution is -2.49. The largest absolute Gasteiger partial charge is 0.493 e. The highest BCUT2D eigenvalue weighted by atomic mass is 19.3. The second-order valence-corrected chi connectivity index (χ2v) is 6.23. The highest BCUT2D eigenvalue weighted by molar-refractivity contribution is 6.06. The lowest BCUT2D eigenvalue weighted by Gasteiger charge is -2.33. The quantitative estimate of drug-likeness (QED) is 0.730. The molecule has 1 N–H and O–H groups in total. The average molecular weight is 418 g/mol. The molecule has 1 aliphatic heterocycles. The Morgan fingerprint density at radius 1 is 1.23 bits per heavy atom. The number of ether oxygens (including phenoxy) is 3. The molecule has 2 aromatic rings. The molecular formula is C21H20F2N2O5. The van der Waals surface area contributed by atoms with Crippen LogP contribution in [-0.4, -0.2) is 45.2 Å². The number of alkyl halides is 2. The summed E-state index contributed by atoms with van der Waals surface area (Å²) in [6.07, 6.45) is 1.70. The lowest BCUT2D eigenvalue weighted by molar-refractivity contribution is -0.127. The SMILES string of the molecule is CNC(=O)[C@H]1CN(C(=O)/C=C/c2cccc(OC)c2OC(F)F)c2ccccc2O1. The average Bonchev–Trinajstić information content (AvgIpc) is 2.76. The van der Waals surface area contributed by atoms with Gasteiger partial charge in [0.1, 0.15) is 5.75 Å². The minimum Gasteiger partial charge on any atom is -0.493 e. The minimum atomic E-state index is -3.05. The second-order valence-electron chi connectivity index (χ2n) is 6.23. The van der Waals surface area contributed by atoms with E-state index in [1.165, 1.54) is 43.3 Å². The first-order chi connectivity index (χ1) is 14.4. The summed E-state index contributed by atoms with van der Waals surface area (Å²) in [7, 11) is 2.81. The van der Waals surface area contributed by atoms with E-state index in [9.17, 15) is 18.4 Å². The van der Waals surface area contributed by atoms with Gasteiger partial charge in [-0.05, 0) is 24.3 Å². The molecule has 2 aromatic carbocycles. The number of benzene rings is 2. The zero-order valence-corrected chi connectivity index (χ0v) is 16.3. The summed E-state index contributed by atoms with van der Waals surface area (Å²) in [6, 6.07) is 11.4. The minimum absolute atomic E-state index is 0.00162. The summed E-state index contributed by atoms with van der Waals surface area (Å²) in [6.45, 7) is -3.05. The summed E-state index contributed by atoms with van der Waals surface area (Å²) in [5, 5.41) is 2.50. The molecule has 0 unspecified atom stereocenters. The van der Waals surface area contributed by atoms with Crippen LogP contribution in [0.25, 0.3) is 6.08 Å². The zero-order chi connectivity index (χ0) is 21.7. The first-order valence-electron chi connectivity index (χ1n) is 9.03. The number of amides is 2. The van der Waals surface area contributed by atoms with Gasteiger partial charge in [0.2, 0.25) is 0 Å². The molecule has 3 rings (SSSR count). The van der Waals surface area contributed by atoms with Crippen LogP contribution in [0.2, 0.25) is 0 Å². The molecule has 1 atom stereocenters. The van der Waals surface area contributed by atoms with Crippen LogP contribution in [0, 0.1) is 0 Å². The van der Waals surface area contributed by atoms with Gasteiger partial charge in [-0.2, -0.15) is 8.78 Å². The summed E-state index contributed by atoms with van der Waals surface area (Å²) in [4.78, 5) is 26.4. The second kappa shape index (κ2) is 9.25. The van der Waals surface area contributed by atoms with Crippen molar-refractivity contribution in [2.75, 3.05) is 25.6 Å². The van der Waals surface area contributed by atoms with Crippen LogP contribution >= 0.6 is 0 Å². The number of hydrogen-bond donors (Lipinski definition) is 1. The molecule has 30 heavy (non-hydrogen) atoms. The fraction of sp³-hybridized carbons (Fsp3) is 0.238. The molecule has 1 heterocycles. The lowest BCUT2D eigenvalue weighted by atomic mass is 10.1. The molecule has 0 saturated carbocycles. The van der Waals surface area contributed by atoms with Crippen molar-refractivity contribution in [3.8, 4) is 17.2 Å². The van der Waals surface area contributed by atoms with Gasteiger partial charge in [-0.1, -0.05) is 24.3 Å². The van der Waals surface area contributed by atoms with Crippen molar-refractivity contribution in [3.63, 3.8) is 0 Å². The Hall–Kier alpha value is -3.62. The Morgan fingerprint density at radius 2 is 2.00 bits per heavy atom. The fourth-order valence-electron chi connectivity index (χ4n) is 3.03. The van der Waals surface area contributed by atoms with E-state index in [1.807, 2.05) is 0 Å². The van der Waals surface area contributed by atoms with Crippen molar-refractivity contribution in [1.82, 2.24) is 5.32 Å². The van der Waals surface area contributed by atoms with Gasteiger partial charge in [0, 0.05) is 18.7 Å². The zero-order valence-electron chi connectivity index (χ0n) is 16.3.